The van der Waals surface area contributed by atoms with E-state index in [1.54, 1.807) is 14.0 Å². The molecule has 1 unspecified atom stereocenters. The lowest BCUT2D eigenvalue weighted by atomic mass is 9.86. The molecule has 1 heterocycles. The second kappa shape index (κ2) is 4.84. The van der Waals surface area contributed by atoms with Crippen LogP contribution in [0.15, 0.2) is 42.5 Å². The maximum Gasteiger partial charge on any atom is 0.129 e. The summed E-state index contributed by atoms with van der Waals surface area (Å²) in [6.07, 6.45) is 0.905. The topological polar surface area (TPSA) is 38.7 Å². The fraction of sp³-hybridized carbons (Fsp3) is 0.294. The third kappa shape index (κ3) is 2.04. The Morgan fingerprint density at radius 3 is 2.60 bits per heavy atom. The molecule has 0 saturated carbocycles. The normalized spacial score (nSPS) is 16.1. The summed E-state index contributed by atoms with van der Waals surface area (Å²) < 4.78 is 10.9. The smallest absolute Gasteiger partial charge is 0.129 e. The molecule has 0 amide bonds. The molecule has 0 fully saturated rings. The van der Waals surface area contributed by atoms with Crippen LogP contribution in [0, 0.1) is 0 Å². The van der Waals surface area contributed by atoms with E-state index >= 15 is 0 Å². The average Bonchev–Trinajstić information content (AvgIpc) is 2.95. The van der Waals surface area contributed by atoms with E-state index in [0.717, 1.165) is 34.6 Å². The standard InChI is InChI=1S/C17H18O3/c1-17(18,13-6-8-14(19-2)9-7-13)15-5-3-4-12-10-11-20-16(12)15/h3-9,18H,10-11H2,1-2H3. The Morgan fingerprint density at radius 2 is 1.90 bits per heavy atom. The molecular formula is C17H18O3. The number of hydrogen-bond donors (Lipinski definition) is 1. The number of hydrogen-bond acceptors (Lipinski definition) is 3. The Labute approximate surface area is 118 Å². The third-order valence-electron chi connectivity index (χ3n) is 3.89. The fourth-order valence-corrected chi connectivity index (χ4v) is 2.67. The first-order valence-electron chi connectivity index (χ1n) is 6.75. The molecule has 0 bridgehead atoms. The van der Waals surface area contributed by atoms with Crippen LogP contribution in [-0.4, -0.2) is 18.8 Å². The SMILES string of the molecule is COc1ccc(C(C)(O)c2cccc3c2OCC3)cc1. The largest absolute Gasteiger partial charge is 0.497 e. The Morgan fingerprint density at radius 1 is 1.15 bits per heavy atom. The molecule has 2 aromatic rings. The van der Waals surface area contributed by atoms with Crippen molar-refractivity contribution < 1.29 is 14.6 Å². The summed E-state index contributed by atoms with van der Waals surface area (Å²) in [6, 6.07) is 13.4. The minimum atomic E-state index is -1.08. The van der Waals surface area contributed by atoms with Gasteiger partial charge in [0, 0.05) is 12.0 Å². The van der Waals surface area contributed by atoms with E-state index < -0.39 is 5.60 Å². The Hall–Kier alpha value is -2.00. The van der Waals surface area contributed by atoms with Crippen LogP contribution < -0.4 is 9.47 Å². The highest BCUT2D eigenvalue weighted by atomic mass is 16.5. The molecule has 20 heavy (non-hydrogen) atoms. The van der Waals surface area contributed by atoms with E-state index in [-0.39, 0.29) is 0 Å². The predicted molar refractivity (Wildman–Crippen MR) is 77.3 cm³/mol. The molecule has 0 saturated heterocycles. The average molecular weight is 270 g/mol. The maximum absolute atomic E-state index is 11.0. The van der Waals surface area contributed by atoms with Crippen molar-refractivity contribution in [3.63, 3.8) is 0 Å². The first kappa shape index (κ1) is 13.0. The zero-order valence-corrected chi connectivity index (χ0v) is 11.7. The van der Waals surface area contributed by atoms with Gasteiger partial charge in [0.05, 0.1) is 13.7 Å². The summed E-state index contributed by atoms with van der Waals surface area (Å²) in [6.45, 7) is 2.48. The van der Waals surface area contributed by atoms with Crippen LogP contribution in [0.4, 0.5) is 0 Å². The molecule has 2 aromatic carbocycles. The van der Waals surface area contributed by atoms with Crippen LogP contribution in [0.5, 0.6) is 11.5 Å². The number of benzene rings is 2. The van der Waals surface area contributed by atoms with Gasteiger partial charge in [-0.2, -0.15) is 0 Å². The number of methoxy groups -OCH3 is 1. The minimum Gasteiger partial charge on any atom is -0.497 e. The van der Waals surface area contributed by atoms with E-state index in [4.69, 9.17) is 9.47 Å². The second-order valence-electron chi connectivity index (χ2n) is 5.19. The van der Waals surface area contributed by atoms with Gasteiger partial charge in [-0.25, -0.2) is 0 Å². The van der Waals surface area contributed by atoms with Crippen LogP contribution in [0.25, 0.3) is 0 Å². The van der Waals surface area contributed by atoms with Gasteiger partial charge in [0.2, 0.25) is 0 Å². The lowest BCUT2D eigenvalue weighted by molar-refractivity contribution is 0.0987. The fourth-order valence-electron chi connectivity index (χ4n) is 2.67. The van der Waals surface area contributed by atoms with E-state index in [2.05, 4.69) is 6.07 Å². The Balaban J connectivity index is 2.05. The first-order chi connectivity index (χ1) is 9.63. The lowest BCUT2D eigenvalue weighted by Gasteiger charge is -2.26. The van der Waals surface area contributed by atoms with Crippen molar-refractivity contribution in [3.05, 3.63) is 59.2 Å². The van der Waals surface area contributed by atoms with E-state index in [1.807, 2.05) is 36.4 Å². The molecule has 3 nitrogen and oxygen atoms in total. The highest BCUT2D eigenvalue weighted by Crippen LogP contribution is 2.40. The Kier molecular flexibility index (Phi) is 3.14. The van der Waals surface area contributed by atoms with Crippen molar-refractivity contribution in [1.29, 1.82) is 0 Å². The minimum absolute atomic E-state index is 0.686. The molecule has 3 heteroatoms. The quantitative estimate of drug-likeness (QED) is 0.932. The maximum atomic E-state index is 11.0. The van der Waals surface area contributed by atoms with Crippen molar-refractivity contribution in [2.75, 3.05) is 13.7 Å². The zero-order chi connectivity index (χ0) is 14.2. The van der Waals surface area contributed by atoms with Gasteiger partial charge in [-0.05, 0) is 30.2 Å². The number of ether oxygens (including phenoxy) is 2. The number of fused-ring (bicyclic) bond motifs is 1. The van der Waals surface area contributed by atoms with Crippen LogP contribution in [0.2, 0.25) is 0 Å². The van der Waals surface area contributed by atoms with Crippen molar-refractivity contribution in [2.45, 2.75) is 18.9 Å². The van der Waals surface area contributed by atoms with Gasteiger partial charge in [-0.1, -0.05) is 30.3 Å². The van der Waals surface area contributed by atoms with E-state index in [9.17, 15) is 5.11 Å². The summed E-state index contributed by atoms with van der Waals surface area (Å²) in [5.41, 5.74) is 1.72. The summed E-state index contributed by atoms with van der Waals surface area (Å²) in [5, 5.41) is 11.0. The molecule has 3 rings (SSSR count). The van der Waals surface area contributed by atoms with Gasteiger partial charge in [0.25, 0.3) is 0 Å². The summed E-state index contributed by atoms with van der Waals surface area (Å²) in [4.78, 5) is 0. The number of para-hydroxylation sites is 1. The van der Waals surface area contributed by atoms with Crippen LogP contribution in [0.1, 0.15) is 23.6 Å². The van der Waals surface area contributed by atoms with Crippen LogP contribution >= 0.6 is 0 Å². The zero-order valence-electron chi connectivity index (χ0n) is 11.7. The molecule has 0 radical (unpaired) electrons. The lowest BCUT2D eigenvalue weighted by Crippen LogP contribution is -2.23. The molecule has 1 atom stereocenters. The van der Waals surface area contributed by atoms with Crippen molar-refractivity contribution >= 4 is 0 Å². The highest BCUT2D eigenvalue weighted by Gasteiger charge is 2.31. The molecule has 0 spiro atoms. The molecular weight excluding hydrogens is 252 g/mol. The molecule has 0 aliphatic carbocycles. The second-order valence-corrected chi connectivity index (χ2v) is 5.19. The molecule has 1 aliphatic rings. The number of rotatable bonds is 3. The molecule has 104 valence electrons. The molecule has 1 N–H and O–H groups in total. The van der Waals surface area contributed by atoms with Gasteiger partial charge < -0.3 is 14.6 Å². The third-order valence-corrected chi connectivity index (χ3v) is 3.89. The van der Waals surface area contributed by atoms with Gasteiger partial charge in [0.15, 0.2) is 0 Å². The Bertz CT molecular complexity index is 615. The van der Waals surface area contributed by atoms with Gasteiger partial charge >= 0.3 is 0 Å². The molecule has 1 aliphatic heterocycles. The van der Waals surface area contributed by atoms with Gasteiger partial charge in [0.1, 0.15) is 17.1 Å². The summed E-state index contributed by atoms with van der Waals surface area (Å²) in [7, 11) is 1.63. The molecule has 0 aromatic heterocycles. The van der Waals surface area contributed by atoms with E-state index in [1.165, 1.54) is 0 Å². The summed E-state index contributed by atoms with van der Waals surface area (Å²) >= 11 is 0. The van der Waals surface area contributed by atoms with Crippen molar-refractivity contribution in [1.82, 2.24) is 0 Å². The van der Waals surface area contributed by atoms with E-state index in [0.29, 0.717) is 6.61 Å². The van der Waals surface area contributed by atoms with Gasteiger partial charge in [-0.15, -0.1) is 0 Å². The van der Waals surface area contributed by atoms with Crippen LogP contribution in [0.3, 0.4) is 0 Å². The van der Waals surface area contributed by atoms with Crippen molar-refractivity contribution in [3.8, 4) is 11.5 Å². The van der Waals surface area contributed by atoms with Crippen molar-refractivity contribution in [2.24, 2.45) is 0 Å². The van der Waals surface area contributed by atoms with Gasteiger partial charge in [-0.3, -0.25) is 0 Å². The summed E-state index contributed by atoms with van der Waals surface area (Å²) in [5.74, 6) is 1.60. The van der Waals surface area contributed by atoms with Crippen LogP contribution in [-0.2, 0) is 12.0 Å². The monoisotopic (exact) mass is 270 g/mol. The number of aliphatic hydroxyl groups is 1. The predicted octanol–water partition coefficient (Wildman–Crippen LogP) is 2.89. The highest BCUT2D eigenvalue weighted by molar-refractivity contribution is 5.50. The first-order valence-corrected chi connectivity index (χ1v) is 6.75.